The maximum absolute atomic E-state index is 14.0. The van der Waals surface area contributed by atoms with Gasteiger partial charge in [-0.2, -0.15) is 9.37 Å². The third-order valence-electron chi connectivity index (χ3n) is 3.06. The molecule has 0 saturated carbocycles. The summed E-state index contributed by atoms with van der Waals surface area (Å²) in [5, 5.41) is 17.1. The molecule has 0 bridgehead atoms. The van der Waals surface area contributed by atoms with Gasteiger partial charge in [-0.25, -0.2) is 4.39 Å². The number of rotatable bonds is 3. The highest BCUT2D eigenvalue weighted by molar-refractivity contribution is 5.61. The first-order valence-corrected chi connectivity index (χ1v) is 5.75. The van der Waals surface area contributed by atoms with E-state index in [1.165, 1.54) is 0 Å². The smallest absolute Gasteiger partial charge is 0.305 e. The summed E-state index contributed by atoms with van der Waals surface area (Å²) in [6, 6.07) is 1.56. The molecule has 1 N–H and O–H groups in total. The Bertz CT molecular complexity index is 684. The Kier molecular flexibility index (Phi) is 2.90. The summed E-state index contributed by atoms with van der Waals surface area (Å²) in [5.74, 6) is -2.36. The molecule has 7 nitrogen and oxygen atoms in total. The van der Waals surface area contributed by atoms with Gasteiger partial charge in [-0.05, 0) is 6.07 Å². The summed E-state index contributed by atoms with van der Waals surface area (Å²) < 4.78 is 32.6. The second-order valence-electron chi connectivity index (χ2n) is 4.32. The Labute approximate surface area is 110 Å². The Hall–Kier alpha value is -2.42. The van der Waals surface area contributed by atoms with Crippen LogP contribution in [0.25, 0.3) is 11.4 Å². The van der Waals surface area contributed by atoms with Crippen LogP contribution in [0.1, 0.15) is 11.8 Å². The fourth-order valence-corrected chi connectivity index (χ4v) is 1.85. The number of benzene rings is 1. The number of nitro groups is 1. The van der Waals surface area contributed by atoms with Crippen molar-refractivity contribution in [1.29, 1.82) is 0 Å². The molecule has 2 heterocycles. The third kappa shape index (κ3) is 1.92. The van der Waals surface area contributed by atoms with E-state index in [-0.39, 0.29) is 17.6 Å². The molecular weight excluding hydrogens is 274 g/mol. The lowest BCUT2D eigenvalue weighted by Gasteiger charge is -2.22. The van der Waals surface area contributed by atoms with Crippen molar-refractivity contribution >= 4 is 5.69 Å². The largest absolute Gasteiger partial charge is 0.339 e. The van der Waals surface area contributed by atoms with Crippen molar-refractivity contribution in [3.63, 3.8) is 0 Å². The van der Waals surface area contributed by atoms with Gasteiger partial charge in [0.1, 0.15) is 11.4 Å². The Morgan fingerprint density at radius 2 is 2.15 bits per heavy atom. The predicted molar refractivity (Wildman–Crippen MR) is 61.9 cm³/mol. The number of aromatic nitrogens is 2. The molecule has 1 aliphatic heterocycles. The minimum absolute atomic E-state index is 0.000991. The standard InChI is InChI=1S/C11H8F2N4O3/c12-6-1-2-7(17(18)19)9(13)8(6)10-15-11(20-16-10)5-3-14-4-5/h1-2,5,14H,3-4H2. The lowest BCUT2D eigenvalue weighted by atomic mass is 10.0. The van der Waals surface area contributed by atoms with E-state index in [1.54, 1.807) is 0 Å². The van der Waals surface area contributed by atoms with Crippen LogP contribution in [-0.4, -0.2) is 28.2 Å². The van der Waals surface area contributed by atoms with Crippen LogP contribution in [0.3, 0.4) is 0 Å². The van der Waals surface area contributed by atoms with Gasteiger partial charge in [0.2, 0.25) is 17.5 Å². The van der Waals surface area contributed by atoms with Crippen LogP contribution in [0.15, 0.2) is 16.7 Å². The molecule has 9 heteroatoms. The number of nitrogens with zero attached hydrogens (tertiary/aromatic N) is 3. The monoisotopic (exact) mass is 282 g/mol. The summed E-state index contributed by atoms with van der Waals surface area (Å²) in [4.78, 5) is 13.6. The summed E-state index contributed by atoms with van der Waals surface area (Å²) in [6.45, 7) is 1.28. The van der Waals surface area contributed by atoms with E-state index in [1.807, 2.05) is 0 Å². The van der Waals surface area contributed by atoms with E-state index < -0.39 is 27.8 Å². The molecule has 1 saturated heterocycles. The Morgan fingerprint density at radius 3 is 2.75 bits per heavy atom. The summed E-state index contributed by atoms with van der Waals surface area (Å²) in [7, 11) is 0. The molecule has 0 aliphatic carbocycles. The second-order valence-corrected chi connectivity index (χ2v) is 4.32. The Morgan fingerprint density at radius 1 is 1.40 bits per heavy atom. The average molecular weight is 282 g/mol. The topological polar surface area (TPSA) is 94.1 Å². The van der Waals surface area contributed by atoms with Crippen molar-refractivity contribution in [2.75, 3.05) is 13.1 Å². The molecule has 1 aromatic heterocycles. The van der Waals surface area contributed by atoms with Crippen LogP contribution in [0.5, 0.6) is 0 Å². The minimum atomic E-state index is -1.31. The molecule has 0 spiro atoms. The van der Waals surface area contributed by atoms with Crippen molar-refractivity contribution in [2.45, 2.75) is 5.92 Å². The minimum Gasteiger partial charge on any atom is -0.339 e. The molecule has 1 fully saturated rings. The highest BCUT2D eigenvalue weighted by Gasteiger charge is 2.29. The zero-order valence-corrected chi connectivity index (χ0v) is 9.97. The summed E-state index contributed by atoms with van der Waals surface area (Å²) in [6.07, 6.45) is 0. The van der Waals surface area contributed by atoms with E-state index >= 15 is 0 Å². The van der Waals surface area contributed by atoms with Gasteiger partial charge in [-0.15, -0.1) is 0 Å². The summed E-state index contributed by atoms with van der Waals surface area (Å²) in [5.41, 5.74) is -1.49. The third-order valence-corrected chi connectivity index (χ3v) is 3.06. The van der Waals surface area contributed by atoms with Crippen LogP contribution in [-0.2, 0) is 0 Å². The molecule has 3 rings (SSSR count). The first-order valence-electron chi connectivity index (χ1n) is 5.75. The van der Waals surface area contributed by atoms with Crippen LogP contribution in [0.4, 0.5) is 14.5 Å². The van der Waals surface area contributed by atoms with Crippen LogP contribution in [0, 0.1) is 21.7 Å². The van der Waals surface area contributed by atoms with Gasteiger partial charge in [0.25, 0.3) is 0 Å². The number of nitrogens with one attached hydrogen (secondary N) is 1. The number of nitro benzene ring substituents is 1. The maximum Gasteiger partial charge on any atom is 0.305 e. The van der Waals surface area contributed by atoms with Gasteiger partial charge in [-0.3, -0.25) is 10.1 Å². The lowest BCUT2D eigenvalue weighted by molar-refractivity contribution is -0.387. The van der Waals surface area contributed by atoms with E-state index in [4.69, 9.17) is 4.52 Å². The normalized spacial score (nSPS) is 15.1. The quantitative estimate of drug-likeness (QED) is 0.679. The highest BCUT2D eigenvalue weighted by Crippen LogP contribution is 2.31. The molecule has 2 aromatic rings. The maximum atomic E-state index is 14.0. The first kappa shape index (κ1) is 12.6. The molecule has 1 aliphatic rings. The number of halogens is 2. The van der Waals surface area contributed by atoms with E-state index in [0.717, 1.165) is 12.1 Å². The van der Waals surface area contributed by atoms with Gasteiger partial charge in [0.15, 0.2) is 0 Å². The van der Waals surface area contributed by atoms with Crippen LogP contribution < -0.4 is 5.32 Å². The highest BCUT2D eigenvalue weighted by atomic mass is 19.1. The van der Waals surface area contributed by atoms with E-state index in [9.17, 15) is 18.9 Å². The average Bonchev–Trinajstić information content (AvgIpc) is 2.75. The molecule has 0 unspecified atom stereocenters. The zero-order valence-electron chi connectivity index (χ0n) is 9.97. The van der Waals surface area contributed by atoms with Crippen molar-refractivity contribution < 1.29 is 18.2 Å². The molecular formula is C11H8F2N4O3. The van der Waals surface area contributed by atoms with Gasteiger partial charge >= 0.3 is 5.69 Å². The summed E-state index contributed by atoms with van der Waals surface area (Å²) >= 11 is 0. The van der Waals surface area contributed by atoms with Crippen molar-refractivity contribution in [3.05, 3.63) is 39.8 Å². The first-order chi connectivity index (χ1) is 9.58. The fourth-order valence-electron chi connectivity index (χ4n) is 1.85. The molecule has 0 atom stereocenters. The predicted octanol–water partition coefficient (Wildman–Crippen LogP) is 1.61. The van der Waals surface area contributed by atoms with Crippen molar-refractivity contribution in [1.82, 2.24) is 15.5 Å². The number of hydrogen-bond donors (Lipinski definition) is 1. The molecule has 0 amide bonds. The molecule has 1 aromatic carbocycles. The van der Waals surface area contributed by atoms with Crippen molar-refractivity contribution in [2.24, 2.45) is 0 Å². The fraction of sp³-hybridized carbons (Fsp3) is 0.273. The van der Waals surface area contributed by atoms with Crippen molar-refractivity contribution in [3.8, 4) is 11.4 Å². The van der Waals surface area contributed by atoms with Gasteiger partial charge in [-0.1, -0.05) is 5.16 Å². The molecule has 20 heavy (non-hydrogen) atoms. The lowest BCUT2D eigenvalue weighted by Crippen LogP contribution is -2.40. The van der Waals surface area contributed by atoms with E-state index in [0.29, 0.717) is 13.1 Å². The van der Waals surface area contributed by atoms with E-state index in [2.05, 4.69) is 15.5 Å². The number of hydrogen-bond acceptors (Lipinski definition) is 6. The zero-order chi connectivity index (χ0) is 14.3. The molecule has 104 valence electrons. The van der Waals surface area contributed by atoms with Gasteiger partial charge < -0.3 is 9.84 Å². The SMILES string of the molecule is O=[N+]([O-])c1ccc(F)c(-c2noc(C3CNC3)n2)c1F. The van der Waals surface area contributed by atoms with Crippen LogP contribution in [0.2, 0.25) is 0 Å². The van der Waals surface area contributed by atoms with Gasteiger partial charge in [0, 0.05) is 19.2 Å². The second kappa shape index (κ2) is 4.60. The van der Waals surface area contributed by atoms with Crippen LogP contribution >= 0.6 is 0 Å². The molecule has 0 radical (unpaired) electrons. The van der Waals surface area contributed by atoms with Gasteiger partial charge in [0.05, 0.1) is 10.8 Å². The Balaban J connectivity index is 2.06.